The molecule has 0 spiro atoms. The van der Waals surface area contributed by atoms with Crippen LogP contribution in [0.15, 0.2) is 12.7 Å². The minimum absolute atomic E-state index is 0.0341. The third kappa shape index (κ3) is 13.3. The van der Waals surface area contributed by atoms with Gasteiger partial charge in [-0.15, -0.1) is 0 Å². The Morgan fingerprint density at radius 1 is 1.06 bits per heavy atom. The Bertz CT molecular complexity index is 319. The van der Waals surface area contributed by atoms with Crippen molar-refractivity contribution in [3.8, 4) is 5.63 Å². The van der Waals surface area contributed by atoms with Crippen LogP contribution in [0, 0.1) is 5.63 Å². The van der Waals surface area contributed by atoms with Crippen molar-refractivity contribution in [1.29, 1.82) is 0 Å². The van der Waals surface area contributed by atoms with E-state index < -0.39 is 0 Å². The van der Waals surface area contributed by atoms with Crippen molar-refractivity contribution in [2.24, 2.45) is 0 Å². The molecule has 0 rings (SSSR count). The van der Waals surface area contributed by atoms with E-state index in [4.69, 9.17) is 4.74 Å². The maximum absolute atomic E-state index is 10.7. The van der Waals surface area contributed by atoms with Crippen molar-refractivity contribution < 1.29 is 14.1 Å². The SMILES string of the molecule is C=CC(=O)OCCCCCCCCCCC#P=O. The van der Waals surface area contributed by atoms with Crippen molar-refractivity contribution in [2.75, 3.05) is 6.61 Å². The Labute approximate surface area is 111 Å². The van der Waals surface area contributed by atoms with Crippen LogP contribution < -0.4 is 0 Å². The summed E-state index contributed by atoms with van der Waals surface area (Å²) >= 11 is 0. The number of esters is 1. The molecule has 0 fully saturated rings. The first-order chi connectivity index (χ1) is 8.81. The van der Waals surface area contributed by atoms with Crippen LogP contribution in [0.1, 0.15) is 57.8 Å². The Kier molecular flexibility index (Phi) is 13.7. The molecular formula is C14H23O3P. The predicted molar refractivity (Wildman–Crippen MR) is 74.2 cm³/mol. The molecule has 0 N–H and O–H groups in total. The number of carbonyl (C=O) groups is 1. The van der Waals surface area contributed by atoms with E-state index in [1.165, 1.54) is 38.2 Å². The molecular weight excluding hydrogens is 247 g/mol. The molecule has 0 aromatic carbocycles. The van der Waals surface area contributed by atoms with Crippen LogP contribution in [-0.4, -0.2) is 12.6 Å². The van der Waals surface area contributed by atoms with Gasteiger partial charge in [-0.2, -0.15) is 0 Å². The second kappa shape index (κ2) is 14.3. The monoisotopic (exact) mass is 270 g/mol. The molecule has 3 nitrogen and oxygen atoms in total. The van der Waals surface area contributed by atoms with Gasteiger partial charge in [-0.05, 0) is 0 Å². The van der Waals surface area contributed by atoms with E-state index in [2.05, 4.69) is 12.2 Å². The van der Waals surface area contributed by atoms with Gasteiger partial charge in [0.15, 0.2) is 0 Å². The van der Waals surface area contributed by atoms with Crippen LogP contribution in [0.2, 0.25) is 0 Å². The molecule has 0 atom stereocenters. The normalized spacial score (nSPS) is 9.56. The maximum atomic E-state index is 10.7. The zero-order valence-corrected chi connectivity index (χ0v) is 11.9. The third-order valence-corrected chi connectivity index (χ3v) is 3.01. The van der Waals surface area contributed by atoms with Gasteiger partial charge in [0.2, 0.25) is 0 Å². The predicted octanol–water partition coefficient (Wildman–Crippen LogP) is 4.48. The first kappa shape index (κ1) is 17.2. The van der Waals surface area contributed by atoms with Crippen LogP contribution in [-0.2, 0) is 14.1 Å². The number of ether oxygens (including phenoxy) is 1. The van der Waals surface area contributed by atoms with E-state index in [0.29, 0.717) is 6.61 Å². The molecule has 0 aliphatic heterocycles. The van der Waals surface area contributed by atoms with E-state index in [1.54, 1.807) is 0 Å². The molecule has 0 radical (unpaired) electrons. The average Bonchev–Trinajstić information content (AvgIpc) is 2.39. The summed E-state index contributed by atoms with van der Waals surface area (Å²) in [5, 5.41) is 0. The first-order valence-corrected chi connectivity index (χ1v) is 7.47. The molecule has 0 bridgehead atoms. The number of rotatable bonds is 11. The zero-order valence-electron chi connectivity index (χ0n) is 11.0. The molecule has 0 aliphatic carbocycles. The Morgan fingerprint density at radius 2 is 1.61 bits per heavy atom. The average molecular weight is 270 g/mol. The Balaban J connectivity index is 3.06. The van der Waals surface area contributed by atoms with Gasteiger partial charge < -0.3 is 0 Å². The van der Waals surface area contributed by atoms with Crippen molar-refractivity contribution in [2.45, 2.75) is 57.8 Å². The molecule has 0 aliphatic rings. The molecule has 4 heteroatoms. The van der Waals surface area contributed by atoms with E-state index in [0.717, 1.165) is 25.7 Å². The molecule has 18 heavy (non-hydrogen) atoms. The molecule has 0 amide bonds. The fourth-order valence-electron chi connectivity index (χ4n) is 1.64. The summed E-state index contributed by atoms with van der Waals surface area (Å²) in [4.78, 5) is 10.7. The fraction of sp³-hybridized carbons (Fsp3) is 0.714. The molecule has 0 saturated heterocycles. The second-order valence-electron chi connectivity index (χ2n) is 4.20. The summed E-state index contributed by atoms with van der Waals surface area (Å²) in [6, 6.07) is 0. The Hall–Kier alpha value is -0.780. The van der Waals surface area contributed by atoms with E-state index >= 15 is 0 Å². The van der Waals surface area contributed by atoms with Gasteiger partial charge in [0, 0.05) is 6.08 Å². The van der Waals surface area contributed by atoms with Gasteiger partial charge in [0.25, 0.3) is 0 Å². The number of carbonyl (C=O) groups excluding carboxylic acids is 1. The quantitative estimate of drug-likeness (QED) is 0.241. The van der Waals surface area contributed by atoms with Crippen LogP contribution >= 0.6 is 7.92 Å². The van der Waals surface area contributed by atoms with Crippen molar-refractivity contribution in [1.82, 2.24) is 0 Å². The van der Waals surface area contributed by atoms with Crippen molar-refractivity contribution in [3.63, 3.8) is 0 Å². The second-order valence-corrected chi connectivity index (χ2v) is 4.70. The van der Waals surface area contributed by atoms with Crippen LogP contribution in [0.25, 0.3) is 0 Å². The van der Waals surface area contributed by atoms with Gasteiger partial charge in [0.1, 0.15) is 0 Å². The van der Waals surface area contributed by atoms with Crippen LogP contribution in [0.5, 0.6) is 0 Å². The summed E-state index contributed by atoms with van der Waals surface area (Å²) in [5.74, 6) is -0.332. The standard InChI is InChI=1S/C14H23O3P/c1-2-14(15)17-12-10-8-6-4-3-5-7-9-11-13-18-16/h2H,1,3-12H2. The number of hydrogen-bond donors (Lipinski definition) is 0. The molecule has 0 saturated carbocycles. The summed E-state index contributed by atoms with van der Waals surface area (Å²) in [5.41, 5.74) is 2.76. The van der Waals surface area contributed by atoms with Gasteiger partial charge in [0.05, 0.1) is 0 Å². The van der Waals surface area contributed by atoms with Crippen LogP contribution in [0.4, 0.5) is 0 Å². The zero-order chi connectivity index (χ0) is 13.5. The number of unbranched alkanes of at least 4 members (excludes halogenated alkanes) is 8. The van der Waals surface area contributed by atoms with E-state index in [9.17, 15) is 9.36 Å². The van der Waals surface area contributed by atoms with Crippen molar-refractivity contribution in [3.05, 3.63) is 12.7 Å². The first-order valence-electron chi connectivity index (χ1n) is 6.65. The van der Waals surface area contributed by atoms with Crippen LogP contribution in [0.3, 0.4) is 0 Å². The summed E-state index contributed by atoms with van der Waals surface area (Å²) < 4.78 is 15.0. The molecule has 0 aromatic rings. The molecule has 0 heterocycles. The molecule has 102 valence electrons. The number of hydrogen-bond acceptors (Lipinski definition) is 3. The fourth-order valence-corrected chi connectivity index (χ4v) is 1.89. The minimum atomic E-state index is -0.332. The topological polar surface area (TPSA) is 43.4 Å². The van der Waals surface area contributed by atoms with E-state index in [1.807, 2.05) is 0 Å². The molecule has 0 aromatic heterocycles. The van der Waals surface area contributed by atoms with Gasteiger partial charge in [-0.25, -0.2) is 4.79 Å². The van der Waals surface area contributed by atoms with Crippen molar-refractivity contribution >= 4 is 13.9 Å². The summed E-state index contributed by atoms with van der Waals surface area (Å²) in [6.45, 7) is 3.84. The van der Waals surface area contributed by atoms with Gasteiger partial charge >= 0.3 is 93.2 Å². The molecule has 0 unspecified atom stereocenters. The van der Waals surface area contributed by atoms with Gasteiger partial charge in [-0.1, -0.05) is 6.58 Å². The third-order valence-electron chi connectivity index (χ3n) is 2.66. The Morgan fingerprint density at radius 3 is 2.17 bits per heavy atom. The summed E-state index contributed by atoms with van der Waals surface area (Å²) in [6.07, 6.45) is 11.3. The summed E-state index contributed by atoms with van der Waals surface area (Å²) in [7, 11) is 0.0341. The van der Waals surface area contributed by atoms with Gasteiger partial charge in [-0.3, -0.25) is 0 Å². The van der Waals surface area contributed by atoms with E-state index in [-0.39, 0.29) is 13.9 Å².